The molecule has 3 heteroatoms. The van der Waals surface area contributed by atoms with E-state index in [0.717, 1.165) is 22.3 Å². The molecule has 0 saturated heterocycles. The highest BCUT2D eigenvalue weighted by Gasteiger charge is 2.13. The molecule has 0 spiro atoms. The van der Waals surface area contributed by atoms with Gasteiger partial charge in [0.05, 0.1) is 5.69 Å². The third-order valence-electron chi connectivity index (χ3n) is 4.42. The number of pyridine rings is 1. The van der Waals surface area contributed by atoms with Crippen molar-refractivity contribution in [3.8, 4) is 22.4 Å². The second-order valence-corrected chi connectivity index (χ2v) is 7.47. The molecule has 0 aliphatic rings. The Hall–Kier alpha value is -2.81. The highest BCUT2D eigenvalue weighted by Crippen LogP contribution is 2.28. The van der Waals surface area contributed by atoms with E-state index in [9.17, 15) is 10.0 Å². The van der Waals surface area contributed by atoms with Crippen molar-refractivity contribution >= 4 is 0 Å². The Morgan fingerprint density at radius 2 is 1.28 bits per heavy atom. The number of hydrogen-bond acceptors (Lipinski definition) is 2. The van der Waals surface area contributed by atoms with Gasteiger partial charge >= 0.3 is 0 Å². The number of rotatable bonds is 2. The molecule has 0 aliphatic heterocycles. The molecule has 1 N–H and O–H groups in total. The Kier molecular flexibility index (Phi) is 4.25. The molecule has 0 aliphatic carbocycles. The van der Waals surface area contributed by atoms with Crippen LogP contribution in [-0.4, -0.2) is 9.94 Å². The molecule has 3 rings (SSSR count). The van der Waals surface area contributed by atoms with Crippen LogP contribution in [0.2, 0.25) is 0 Å². The molecule has 0 radical (unpaired) electrons. The molecule has 0 fully saturated rings. The standard InChI is InChI=1S/C22H23NO2/c1-15-13-20(23(25)21(24)14-15)18-7-5-16(6-8-18)17-9-11-19(12-10-17)22(2,3)4/h5-14,25H,1-4H3. The van der Waals surface area contributed by atoms with E-state index >= 15 is 0 Å². The second-order valence-electron chi connectivity index (χ2n) is 7.47. The zero-order valence-electron chi connectivity index (χ0n) is 15.1. The minimum Gasteiger partial charge on any atom is -0.425 e. The van der Waals surface area contributed by atoms with E-state index in [4.69, 9.17) is 0 Å². The maximum absolute atomic E-state index is 11.7. The summed E-state index contributed by atoms with van der Waals surface area (Å²) in [4.78, 5) is 11.7. The Morgan fingerprint density at radius 1 is 0.800 bits per heavy atom. The van der Waals surface area contributed by atoms with Crippen LogP contribution in [0.1, 0.15) is 31.9 Å². The Morgan fingerprint density at radius 3 is 1.80 bits per heavy atom. The molecule has 3 aromatic rings. The van der Waals surface area contributed by atoms with Crippen LogP contribution in [0, 0.1) is 6.92 Å². The fraction of sp³-hybridized carbons (Fsp3) is 0.227. The van der Waals surface area contributed by atoms with E-state index in [1.165, 1.54) is 11.6 Å². The lowest BCUT2D eigenvalue weighted by Crippen LogP contribution is -2.18. The predicted molar refractivity (Wildman–Crippen MR) is 102 cm³/mol. The van der Waals surface area contributed by atoms with E-state index in [-0.39, 0.29) is 5.41 Å². The Labute approximate surface area is 148 Å². The number of aromatic nitrogens is 1. The van der Waals surface area contributed by atoms with Gasteiger partial charge in [0.2, 0.25) is 0 Å². The van der Waals surface area contributed by atoms with E-state index in [0.29, 0.717) is 10.4 Å². The van der Waals surface area contributed by atoms with E-state index in [1.54, 1.807) is 6.07 Å². The average molecular weight is 333 g/mol. The summed E-state index contributed by atoms with van der Waals surface area (Å²) in [5.74, 6) is 0. The SMILES string of the molecule is Cc1cc(-c2ccc(-c3ccc(C(C)(C)C)cc3)cc2)n(O)c(=O)c1. The largest absolute Gasteiger partial charge is 0.425 e. The summed E-state index contributed by atoms with van der Waals surface area (Å²) in [5.41, 5.74) is 5.39. The van der Waals surface area contributed by atoms with Crippen molar-refractivity contribution < 1.29 is 5.21 Å². The number of nitrogens with zero attached hydrogens (tertiary/aromatic N) is 1. The fourth-order valence-electron chi connectivity index (χ4n) is 2.89. The first-order valence-electron chi connectivity index (χ1n) is 8.40. The number of benzene rings is 2. The van der Waals surface area contributed by atoms with Crippen LogP contribution in [-0.2, 0) is 5.41 Å². The quantitative estimate of drug-likeness (QED) is 0.669. The van der Waals surface area contributed by atoms with Gasteiger partial charge in [-0.2, -0.15) is 0 Å². The summed E-state index contributed by atoms with van der Waals surface area (Å²) in [5, 5.41) is 9.97. The first-order valence-corrected chi connectivity index (χ1v) is 8.40. The smallest absolute Gasteiger partial charge is 0.283 e. The molecular weight excluding hydrogens is 310 g/mol. The molecule has 2 aromatic carbocycles. The van der Waals surface area contributed by atoms with Gasteiger partial charge in [-0.3, -0.25) is 4.79 Å². The molecule has 25 heavy (non-hydrogen) atoms. The lowest BCUT2D eigenvalue weighted by molar-refractivity contribution is 0.179. The van der Waals surface area contributed by atoms with Gasteiger partial charge in [-0.25, -0.2) is 0 Å². The van der Waals surface area contributed by atoms with E-state index in [2.05, 4.69) is 45.0 Å². The lowest BCUT2D eigenvalue weighted by atomic mass is 9.86. The maximum Gasteiger partial charge on any atom is 0.283 e. The van der Waals surface area contributed by atoms with Gasteiger partial charge in [0.1, 0.15) is 0 Å². The van der Waals surface area contributed by atoms with Crippen LogP contribution < -0.4 is 5.56 Å². The molecular formula is C22H23NO2. The molecule has 0 unspecified atom stereocenters. The maximum atomic E-state index is 11.7. The third-order valence-corrected chi connectivity index (χ3v) is 4.42. The zero-order valence-corrected chi connectivity index (χ0v) is 15.1. The van der Waals surface area contributed by atoms with Crippen LogP contribution in [0.25, 0.3) is 22.4 Å². The Bertz CT molecular complexity index is 943. The van der Waals surface area contributed by atoms with Crippen LogP contribution in [0.3, 0.4) is 0 Å². The normalized spacial score (nSPS) is 11.5. The molecule has 0 bridgehead atoms. The van der Waals surface area contributed by atoms with Crippen LogP contribution in [0.15, 0.2) is 65.5 Å². The average Bonchev–Trinajstić information content (AvgIpc) is 2.58. The third kappa shape index (κ3) is 3.50. The van der Waals surface area contributed by atoms with Crippen molar-refractivity contribution in [2.24, 2.45) is 0 Å². The highest BCUT2D eigenvalue weighted by molar-refractivity contribution is 5.69. The number of hydrogen-bond donors (Lipinski definition) is 1. The molecule has 0 atom stereocenters. The second kappa shape index (κ2) is 6.25. The van der Waals surface area contributed by atoms with Crippen molar-refractivity contribution in [1.29, 1.82) is 0 Å². The van der Waals surface area contributed by atoms with E-state index in [1.807, 2.05) is 31.2 Å². The summed E-state index contributed by atoms with van der Waals surface area (Å²) >= 11 is 0. The first-order chi connectivity index (χ1) is 11.8. The molecule has 128 valence electrons. The monoisotopic (exact) mass is 333 g/mol. The summed E-state index contributed by atoms with van der Waals surface area (Å²) in [6, 6.07) is 19.7. The fourth-order valence-corrected chi connectivity index (χ4v) is 2.89. The van der Waals surface area contributed by atoms with Crippen LogP contribution in [0.4, 0.5) is 0 Å². The summed E-state index contributed by atoms with van der Waals surface area (Å²) < 4.78 is 0.695. The molecule has 0 saturated carbocycles. The van der Waals surface area contributed by atoms with Gasteiger partial charge in [-0.15, -0.1) is 4.73 Å². The van der Waals surface area contributed by atoms with Crippen molar-refractivity contribution in [3.05, 3.63) is 82.1 Å². The topological polar surface area (TPSA) is 42.2 Å². The van der Waals surface area contributed by atoms with Gasteiger partial charge in [0.15, 0.2) is 0 Å². The minimum absolute atomic E-state index is 0.137. The Balaban J connectivity index is 1.94. The van der Waals surface area contributed by atoms with Crippen LogP contribution in [0.5, 0.6) is 0 Å². The van der Waals surface area contributed by atoms with Gasteiger partial charge in [-0.05, 0) is 40.7 Å². The van der Waals surface area contributed by atoms with Gasteiger partial charge in [-0.1, -0.05) is 69.3 Å². The summed E-state index contributed by atoms with van der Waals surface area (Å²) in [6.07, 6.45) is 0. The van der Waals surface area contributed by atoms with Gasteiger partial charge < -0.3 is 5.21 Å². The first kappa shape index (κ1) is 17.0. The minimum atomic E-state index is -0.420. The molecule has 3 nitrogen and oxygen atoms in total. The molecule has 1 aromatic heterocycles. The van der Waals surface area contributed by atoms with Crippen molar-refractivity contribution in [2.75, 3.05) is 0 Å². The predicted octanol–water partition coefficient (Wildman–Crippen LogP) is 5.03. The van der Waals surface area contributed by atoms with E-state index < -0.39 is 5.56 Å². The number of aryl methyl sites for hydroxylation is 1. The van der Waals surface area contributed by atoms with Crippen molar-refractivity contribution in [2.45, 2.75) is 33.1 Å². The van der Waals surface area contributed by atoms with Gasteiger partial charge in [0, 0.05) is 11.6 Å². The highest BCUT2D eigenvalue weighted by atomic mass is 16.5. The molecule has 1 heterocycles. The molecule has 0 amide bonds. The lowest BCUT2D eigenvalue weighted by Gasteiger charge is -2.19. The summed E-state index contributed by atoms with van der Waals surface area (Å²) in [6.45, 7) is 8.45. The van der Waals surface area contributed by atoms with Crippen molar-refractivity contribution in [3.63, 3.8) is 0 Å². The summed E-state index contributed by atoms with van der Waals surface area (Å²) in [7, 11) is 0. The van der Waals surface area contributed by atoms with Crippen molar-refractivity contribution in [1.82, 2.24) is 4.73 Å². The van der Waals surface area contributed by atoms with Gasteiger partial charge in [0.25, 0.3) is 5.56 Å². The zero-order chi connectivity index (χ0) is 18.2. The van der Waals surface area contributed by atoms with Crippen LogP contribution >= 0.6 is 0 Å².